The Morgan fingerprint density at radius 2 is 2.10 bits per heavy atom. The smallest absolute Gasteiger partial charge is 0.267 e. The molecule has 1 aliphatic heterocycles. The van der Waals surface area contributed by atoms with E-state index in [0.717, 1.165) is 0 Å². The Hall–Kier alpha value is 0.0949. The van der Waals surface area contributed by atoms with Gasteiger partial charge in [-0.2, -0.15) is 0 Å². The zero-order valence-electron chi connectivity index (χ0n) is 12.6. The highest BCUT2D eigenvalue weighted by Gasteiger charge is 2.45. The normalized spacial score (nSPS) is 33.5. The molecule has 1 rings (SSSR count). The van der Waals surface area contributed by atoms with Gasteiger partial charge in [0.25, 0.3) is 7.52 Å². The zero-order chi connectivity index (χ0) is 15.3. The first-order chi connectivity index (χ1) is 9.30. The number of hydrogen-bond donors (Lipinski definition) is 2. The molecule has 3 unspecified atom stereocenters. The van der Waals surface area contributed by atoms with Gasteiger partial charge < -0.3 is 19.1 Å². The molecule has 20 heavy (non-hydrogen) atoms. The highest BCUT2D eigenvalue weighted by atomic mass is 31.2. The molecule has 1 fully saturated rings. The number of hydrogen-bond acceptors (Lipinski definition) is 4. The van der Waals surface area contributed by atoms with Crippen molar-refractivity contribution in [3.8, 4) is 0 Å². The van der Waals surface area contributed by atoms with E-state index >= 15 is 0 Å². The summed E-state index contributed by atoms with van der Waals surface area (Å²) in [4.78, 5) is 9.80. The van der Waals surface area contributed by atoms with E-state index in [-0.39, 0.29) is 12.3 Å². The molecule has 0 saturated carbocycles. The van der Waals surface area contributed by atoms with Crippen molar-refractivity contribution in [2.45, 2.75) is 58.1 Å². The molecule has 0 spiro atoms. The standard InChI is InChI=1S/C12H25BNO5P/c1-5-17-11-10(14-20(15,16)6-2)9(19-12(11)13)7-18-8(3)4/h8-12H,5-7H2,1-4H3,(H2,14,15,16)/t9-,10?,11?,12-/m1/s1. The maximum absolute atomic E-state index is 11.9. The third kappa shape index (κ3) is 5.13. The molecule has 2 N–H and O–H groups in total. The predicted molar refractivity (Wildman–Crippen MR) is 78.2 cm³/mol. The quantitative estimate of drug-likeness (QED) is 0.512. The number of nitrogens with one attached hydrogen (secondary N) is 1. The molecule has 2 radical (unpaired) electrons. The zero-order valence-corrected chi connectivity index (χ0v) is 13.5. The van der Waals surface area contributed by atoms with Crippen molar-refractivity contribution in [1.82, 2.24) is 5.09 Å². The maximum atomic E-state index is 11.9. The van der Waals surface area contributed by atoms with Gasteiger partial charge in [0.05, 0.1) is 31.0 Å². The molecule has 1 aliphatic rings. The summed E-state index contributed by atoms with van der Waals surface area (Å²) in [6.07, 6.45) is -0.688. The van der Waals surface area contributed by atoms with Gasteiger partial charge in [0.1, 0.15) is 7.85 Å². The van der Waals surface area contributed by atoms with Gasteiger partial charge in [-0.25, -0.2) is 5.09 Å². The third-order valence-electron chi connectivity index (χ3n) is 3.14. The molecule has 0 amide bonds. The Kier molecular flexibility index (Phi) is 7.19. The SMILES string of the molecule is [B][C@@H]1O[C@H](COC(C)C)C(NP(=O)(O)CC)C1OCC. The minimum absolute atomic E-state index is 0.0497. The summed E-state index contributed by atoms with van der Waals surface area (Å²) in [7, 11) is 2.48. The lowest BCUT2D eigenvalue weighted by atomic mass is 9.92. The Bertz CT molecular complexity index is 344. The van der Waals surface area contributed by atoms with Crippen molar-refractivity contribution in [1.29, 1.82) is 0 Å². The molecule has 0 aromatic heterocycles. The van der Waals surface area contributed by atoms with Crippen LogP contribution in [0.3, 0.4) is 0 Å². The van der Waals surface area contributed by atoms with Crippen molar-refractivity contribution in [3.05, 3.63) is 0 Å². The molecular weight excluding hydrogens is 280 g/mol. The fourth-order valence-corrected chi connectivity index (χ4v) is 3.04. The summed E-state index contributed by atoms with van der Waals surface area (Å²) in [5, 5.41) is 2.75. The maximum Gasteiger partial charge on any atom is 0.267 e. The van der Waals surface area contributed by atoms with Crippen molar-refractivity contribution in [3.63, 3.8) is 0 Å². The Morgan fingerprint density at radius 1 is 1.45 bits per heavy atom. The van der Waals surface area contributed by atoms with Crippen LogP contribution in [0.25, 0.3) is 0 Å². The van der Waals surface area contributed by atoms with Crippen molar-refractivity contribution in [2.24, 2.45) is 0 Å². The van der Waals surface area contributed by atoms with Gasteiger partial charge >= 0.3 is 0 Å². The Morgan fingerprint density at radius 3 is 2.60 bits per heavy atom. The van der Waals surface area contributed by atoms with Gasteiger partial charge in [0, 0.05) is 18.8 Å². The highest BCUT2D eigenvalue weighted by Crippen LogP contribution is 2.38. The van der Waals surface area contributed by atoms with Gasteiger partial charge in [0.2, 0.25) is 0 Å². The molecule has 0 aromatic rings. The second-order valence-electron chi connectivity index (χ2n) is 5.11. The van der Waals surface area contributed by atoms with Gasteiger partial charge in [-0.3, -0.25) is 4.57 Å². The van der Waals surface area contributed by atoms with Crippen LogP contribution >= 0.6 is 7.52 Å². The lowest BCUT2D eigenvalue weighted by molar-refractivity contribution is -0.0242. The average Bonchev–Trinajstić information content (AvgIpc) is 2.64. The van der Waals surface area contributed by atoms with Crippen LogP contribution in [-0.4, -0.2) is 62.5 Å². The number of rotatable bonds is 8. The molecule has 0 aliphatic carbocycles. The largest absolute Gasteiger partial charge is 0.378 e. The fraction of sp³-hybridized carbons (Fsp3) is 1.00. The van der Waals surface area contributed by atoms with Gasteiger partial charge in [-0.15, -0.1) is 0 Å². The molecule has 8 heteroatoms. The first-order valence-electron chi connectivity index (χ1n) is 7.04. The first-order valence-corrected chi connectivity index (χ1v) is 8.89. The Balaban J connectivity index is 2.78. The van der Waals surface area contributed by atoms with Crippen LogP contribution in [0.2, 0.25) is 0 Å². The minimum atomic E-state index is -3.42. The van der Waals surface area contributed by atoms with Crippen LogP contribution in [-0.2, 0) is 18.8 Å². The second kappa shape index (κ2) is 7.92. The van der Waals surface area contributed by atoms with E-state index in [0.29, 0.717) is 13.2 Å². The van der Waals surface area contributed by atoms with E-state index in [4.69, 9.17) is 22.1 Å². The highest BCUT2D eigenvalue weighted by molar-refractivity contribution is 7.55. The fourth-order valence-electron chi connectivity index (χ4n) is 2.08. The molecule has 5 atom stereocenters. The van der Waals surface area contributed by atoms with Crippen molar-refractivity contribution >= 4 is 15.4 Å². The Labute approximate surface area is 122 Å². The van der Waals surface area contributed by atoms with Crippen LogP contribution in [0, 0.1) is 0 Å². The molecule has 1 saturated heterocycles. The van der Waals surface area contributed by atoms with E-state index in [1.165, 1.54) is 0 Å². The number of ether oxygens (including phenoxy) is 3. The average molecular weight is 305 g/mol. The van der Waals surface area contributed by atoms with E-state index in [9.17, 15) is 9.46 Å². The lowest BCUT2D eigenvalue weighted by Gasteiger charge is -2.27. The summed E-state index contributed by atoms with van der Waals surface area (Å²) in [5.74, 6) is 0. The summed E-state index contributed by atoms with van der Waals surface area (Å²) < 4.78 is 28.6. The van der Waals surface area contributed by atoms with Crippen LogP contribution < -0.4 is 5.09 Å². The third-order valence-corrected chi connectivity index (χ3v) is 4.70. The lowest BCUT2D eigenvalue weighted by Crippen LogP contribution is -2.46. The van der Waals surface area contributed by atoms with Crippen LogP contribution in [0.5, 0.6) is 0 Å². The van der Waals surface area contributed by atoms with E-state index in [1.54, 1.807) is 6.92 Å². The van der Waals surface area contributed by atoms with Gasteiger partial charge in [-0.1, -0.05) is 6.92 Å². The molecule has 0 bridgehead atoms. The summed E-state index contributed by atoms with van der Waals surface area (Å²) in [5.41, 5.74) is 0. The molecule has 0 aromatic carbocycles. The second-order valence-corrected chi connectivity index (χ2v) is 7.41. The van der Waals surface area contributed by atoms with Crippen LogP contribution in [0.4, 0.5) is 0 Å². The van der Waals surface area contributed by atoms with Crippen LogP contribution in [0.15, 0.2) is 0 Å². The first kappa shape index (κ1) is 18.1. The van der Waals surface area contributed by atoms with E-state index in [2.05, 4.69) is 5.09 Å². The summed E-state index contributed by atoms with van der Waals surface area (Å²) in [6, 6.07) is -1.09. The molecule has 6 nitrogen and oxygen atoms in total. The monoisotopic (exact) mass is 305 g/mol. The molecule has 116 valence electrons. The van der Waals surface area contributed by atoms with Gasteiger partial charge in [-0.05, 0) is 20.8 Å². The van der Waals surface area contributed by atoms with Crippen LogP contribution in [0.1, 0.15) is 27.7 Å². The van der Waals surface area contributed by atoms with Gasteiger partial charge in [0.15, 0.2) is 0 Å². The van der Waals surface area contributed by atoms with E-state index in [1.807, 2.05) is 20.8 Å². The summed E-state index contributed by atoms with van der Waals surface area (Å²) in [6.45, 7) is 8.09. The van der Waals surface area contributed by atoms with Crippen molar-refractivity contribution < 1.29 is 23.7 Å². The topological polar surface area (TPSA) is 77.0 Å². The predicted octanol–water partition coefficient (Wildman–Crippen LogP) is 0.873. The molecule has 1 heterocycles. The van der Waals surface area contributed by atoms with Crippen molar-refractivity contribution in [2.75, 3.05) is 19.4 Å². The summed E-state index contributed by atoms with van der Waals surface area (Å²) >= 11 is 0. The molecular formula is C12H25BNO5P. The van der Waals surface area contributed by atoms with E-state index < -0.39 is 31.8 Å². The minimum Gasteiger partial charge on any atom is -0.378 e.